The van der Waals surface area contributed by atoms with Crippen LogP contribution in [-0.2, 0) is 4.79 Å². The summed E-state index contributed by atoms with van der Waals surface area (Å²) in [6.45, 7) is 2.87. The van der Waals surface area contributed by atoms with Crippen LogP contribution in [0.5, 0.6) is 0 Å². The van der Waals surface area contributed by atoms with Gasteiger partial charge in [0.1, 0.15) is 5.82 Å². The van der Waals surface area contributed by atoms with E-state index in [0.717, 1.165) is 22.4 Å². The van der Waals surface area contributed by atoms with Gasteiger partial charge in [-0.05, 0) is 29.3 Å². The molecule has 0 aliphatic carbocycles. The van der Waals surface area contributed by atoms with Gasteiger partial charge in [-0.15, -0.1) is 0 Å². The third kappa shape index (κ3) is 2.02. The summed E-state index contributed by atoms with van der Waals surface area (Å²) in [5.74, 6) is 0.931. The maximum atomic E-state index is 11.7. The lowest BCUT2D eigenvalue weighted by molar-refractivity contribution is -0.116. The topological polar surface area (TPSA) is 54.0 Å². The number of thiophene rings is 1. The molecular weight excluding hydrogens is 266 g/mol. The minimum atomic E-state index is 0.0482. The van der Waals surface area contributed by atoms with E-state index in [4.69, 9.17) is 0 Å². The zero-order valence-electron chi connectivity index (χ0n) is 9.90. The molecule has 1 aliphatic heterocycles. The Labute approximate surface area is 113 Å². The molecule has 6 heteroatoms. The lowest BCUT2D eigenvalue weighted by Crippen LogP contribution is -2.22. The lowest BCUT2D eigenvalue weighted by atomic mass is 9.94. The molecule has 0 radical (unpaired) electrons. The molecule has 94 valence electrons. The Balaban J connectivity index is 2.01. The van der Waals surface area contributed by atoms with Crippen LogP contribution in [0.25, 0.3) is 0 Å². The zero-order chi connectivity index (χ0) is 12.5. The first-order valence-corrected chi connectivity index (χ1v) is 7.60. The van der Waals surface area contributed by atoms with Gasteiger partial charge in [-0.1, -0.05) is 11.3 Å². The van der Waals surface area contributed by atoms with Crippen molar-refractivity contribution in [1.29, 1.82) is 0 Å². The first-order valence-electron chi connectivity index (χ1n) is 5.84. The third-order valence-electron chi connectivity index (χ3n) is 2.89. The van der Waals surface area contributed by atoms with Crippen molar-refractivity contribution in [3.63, 3.8) is 0 Å². The highest BCUT2D eigenvalue weighted by Crippen LogP contribution is 2.42. The highest BCUT2D eigenvalue weighted by Gasteiger charge is 2.30. The van der Waals surface area contributed by atoms with Crippen molar-refractivity contribution in [3.8, 4) is 0 Å². The van der Waals surface area contributed by atoms with E-state index >= 15 is 0 Å². The van der Waals surface area contributed by atoms with Gasteiger partial charge in [-0.25, -0.2) is 4.98 Å². The lowest BCUT2D eigenvalue weighted by Gasteiger charge is -2.20. The molecule has 2 aromatic heterocycles. The number of rotatable bonds is 3. The quantitative estimate of drug-likeness (QED) is 0.907. The van der Waals surface area contributed by atoms with Gasteiger partial charge >= 0.3 is 0 Å². The molecule has 1 amide bonds. The Bertz CT molecular complexity index is 562. The molecule has 2 aromatic rings. The molecule has 0 aromatic carbocycles. The van der Waals surface area contributed by atoms with Crippen LogP contribution >= 0.6 is 22.7 Å². The molecule has 18 heavy (non-hydrogen) atoms. The standard InChI is InChI=1S/C12H13N3OS2/c1-2-13-12-15-11-10(18-12)8(5-9(16)14-11)7-3-4-17-6-7/h3-4,6,8H,2,5H2,1H3,(H,13,15)(H,14,16)/t8-/m0/s1. The Morgan fingerprint density at radius 3 is 3.22 bits per heavy atom. The van der Waals surface area contributed by atoms with Gasteiger partial charge < -0.3 is 10.6 Å². The van der Waals surface area contributed by atoms with E-state index in [0.29, 0.717) is 6.42 Å². The highest BCUT2D eigenvalue weighted by molar-refractivity contribution is 7.16. The summed E-state index contributed by atoms with van der Waals surface area (Å²) in [7, 11) is 0. The normalized spacial score (nSPS) is 18.3. The SMILES string of the molecule is CCNc1nc2c(s1)[C@H](c1ccsc1)CC(=O)N2. The van der Waals surface area contributed by atoms with E-state index in [-0.39, 0.29) is 11.8 Å². The Hall–Kier alpha value is -1.40. The molecule has 0 spiro atoms. The van der Waals surface area contributed by atoms with Crippen molar-refractivity contribution in [3.05, 3.63) is 27.3 Å². The van der Waals surface area contributed by atoms with E-state index in [9.17, 15) is 4.79 Å². The average Bonchev–Trinajstić information content (AvgIpc) is 2.96. The molecule has 0 saturated heterocycles. The second-order valence-corrected chi connectivity index (χ2v) is 5.93. The number of hydrogen-bond donors (Lipinski definition) is 2. The molecule has 2 N–H and O–H groups in total. The van der Waals surface area contributed by atoms with Gasteiger partial charge in [0.2, 0.25) is 5.91 Å². The Kier molecular flexibility index (Phi) is 3.05. The zero-order valence-corrected chi connectivity index (χ0v) is 11.5. The van der Waals surface area contributed by atoms with Crippen LogP contribution in [0.1, 0.15) is 29.7 Å². The van der Waals surface area contributed by atoms with Crippen LogP contribution in [0.3, 0.4) is 0 Å². The summed E-state index contributed by atoms with van der Waals surface area (Å²) in [5, 5.41) is 11.1. The Morgan fingerprint density at radius 2 is 2.50 bits per heavy atom. The molecule has 0 unspecified atom stereocenters. The second kappa shape index (κ2) is 4.70. The molecule has 0 bridgehead atoms. The number of carbonyl (C=O) groups excluding carboxylic acids is 1. The van der Waals surface area contributed by atoms with Gasteiger partial charge in [0.05, 0.1) is 4.88 Å². The molecule has 3 heterocycles. The molecular formula is C12H13N3OS2. The first-order chi connectivity index (χ1) is 8.78. The number of hydrogen-bond acceptors (Lipinski definition) is 5. The molecule has 4 nitrogen and oxygen atoms in total. The number of amides is 1. The van der Waals surface area contributed by atoms with E-state index < -0.39 is 0 Å². The van der Waals surface area contributed by atoms with Crippen LogP contribution < -0.4 is 10.6 Å². The first kappa shape index (κ1) is 11.7. The minimum Gasteiger partial charge on any atom is -0.362 e. The summed E-state index contributed by atoms with van der Waals surface area (Å²) >= 11 is 3.30. The van der Waals surface area contributed by atoms with Gasteiger partial charge in [0, 0.05) is 18.9 Å². The monoisotopic (exact) mass is 279 g/mol. The summed E-state index contributed by atoms with van der Waals surface area (Å²) in [6, 6.07) is 2.09. The molecule has 1 aliphatic rings. The smallest absolute Gasteiger partial charge is 0.226 e. The number of nitrogens with one attached hydrogen (secondary N) is 2. The maximum Gasteiger partial charge on any atom is 0.226 e. The van der Waals surface area contributed by atoms with Gasteiger partial charge in [0.25, 0.3) is 0 Å². The van der Waals surface area contributed by atoms with Gasteiger partial charge in [0.15, 0.2) is 5.13 Å². The fourth-order valence-corrected chi connectivity index (χ4v) is 3.92. The van der Waals surface area contributed by atoms with E-state index in [1.54, 1.807) is 22.7 Å². The fraction of sp³-hybridized carbons (Fsp3) is 0.333. The molecule has 0 fully saturated rings. The van der Waals surface area contributed by atoms with Crippen LogP contribution in [-0.4, -0.2) is 17.4 Å². The Morgan fingerprint density at radius 1 is 1.61 bits per heavy atom. The number of aromatic nitrogens is 1. The van der Waals surface area contributed by atoms with Crippen molar-refractivity contribution in [2.75, 3.05) is 17.2 Å². The number of thiazole rings is 1. The summed E-state index contributed by atoms with van der Waals surface area (Å²) < 4.78 is 0. The summed E-state index contributed by atoms with van der Waals surface area (Å²) in [6.07, 6.45) is 0.511. The van der Waals surface area contributed by atoms with Crippen molar-refractivity contribution in [2.45, 2.75) is 19.3 Å². The van der Waals surface area contributed by atoms with Crippen molar-refractivity contribution < 1.29 is 4.79 Å². The number of nitrogens with zero attached hydrogens (tertiary/aromatic N) is 1. The third-order valence-corrected chi connectivity index (χ3v) is 4.72. The largest absolute Gasteiger partial charge is 0.362 e. The molecule has 0 saturated carbocycles. The van der Waals surface area contributed by atoms with Gasteiger partial charge in [-0.3, -0.25) is 4.79 Å². The number of carbonyl (C=O) groups is 1. The molecule has 3 rings (SSSR count). The fourth-order valence-electron chi connectivity index (χ4n) is 2.09. The van der Waals surface area contributed by atoms with E-state index in [1.165, 1.54) is 5.56 Å². The number of fused-ring (bicyclic) bond motifs is 1. The predicted molar refractivity (Wildman–Crippen MR) is 75.7 cm³/mol. The van der Waals surface area contributed by atoms with Gasteiger partial charge in [-0.2, -0.15) is 11.3 Å². The summed E-state index contributed by atoms with van der Waals surface area (Å²) in [4.78, 5) is 17.3. The second-order valence-electron chi connectivity index (χ2n) is 4.12. The number of anilines is 2. The van der Waals surface area contributed by atoms with Crippen molar-refractivity contribution >= 4 is 39.5 Å². The van der Waals surface area contributed by atoms with E-state index in [1.807, 2.05) is 12.3 Å². The highest BCUT2D eigenvalue weighted by atomic mass is 32.1. The van der Waals surface area contributed by atoms with Crippen molar-refractivity contribution in [1.82, 2.24) is 4.98 Å². The predicted octanol–water partition coefficient (Wildman–Crippen LogP) is 3.11. The average molecular weight is 279 g/mol. The van der Waals surface area contributed by atoms with Crippen LogP contribution in [0, 0.1) is 0 Å². The summed E-state index contributed by atoms with van der Waals surface area (Å²) in [5.41, 5.74) is 1.21. The minimum absolute atomic E-state index is 0.0482. The van der Waals surface area contributed by atoms with Crippen LogP contribution in [0.4, 0.5) is 10.9 Å². The van der Waals surface area contributed by atoms with Crippen LogP contribution in [0.2, 0.25) is 0 Å². The van der Waals surface area contributed by atoms with Crippen molar-refractivity contribution in [2.24, 2.45) is 0 Å². The maximum absolute atomic E-state index is 11.7. The van der Waals surface area contributed by atoms with Crippen LogP contribution in [0.15, 0.2) is 16.8 Å². The molecule has 1 atom stereocenters. The van der Waals surface area contributed by atoms with E-state index in [2.05, 4.69) is 27.1 Å².